The molecule has 202 valence electrons. The average Bonchev–Trinajstić information content (AvgIpc) is 2.93. The molecule has 0 aliphatic heterocycles. The van der Waals surface area contributed by atoms with Crippen molar-refractivity contribution >= 4 is 27.5 Å². The normalized spacial score (nSPS) is 12.8. The average molecular weight is 536 g/mol. The van der Waals surface area contributed by atoms with Gasteiger partial charge in [-0.1, -0.05) is 73.7 Å². The number of nitrogens with zero attached hydrogens (tertiary/aromatic N) is 2. The van der Waals surface area contributed by atoms with E-state index in [1.807, 2.05) is 63.2 Å². The van der Waals surface area contributed by atoms with Crippen molar-refractivity contribution < 1.29 is 18.0 Å². The van der Waals surface area contributed by atoms with Gasteiger partial charge in [-0.05, 0) is 62.9 Å². The minimum atomic E-state index is -4.06. The van der Waals surface area contributed by atoms with E-state index in [1.54, 1.807) is 37.3 Å². The highest BCUT2D eigenvalue weighted by atomic mass is 32.2. The number of amides is 2. The Labute approximate surface area is 226 Å². The Bertz CT molecular complexity index is 1310. The second-order valence-corrected chi connectivity index (χ2v) is 11.3. The third-order valence-electron chi connectivity index (χ3n) is 6.65. The van der Waals surface area contributed by atoms with E-state index in [4.69, 9.17) is 0 Å². The van der Waals surface area contributed by atoms with Crippen LogP contribution in [0.2, 0.25) is 0 Å². The molecule has 2 amide bonds. The summed E-state index contributed by atoms with van der Waals surface area (Å²) in [4.78, 5) is 28.5. The molecule has 0 saturated heterocycles. The maximum atomic E-state index is 13.9. The molecule has 0 fully saturated rings. The largest absolute Gasteiger partial charge is 0.352 e. The zero-order chi connectivity index (χ0) is 27.7. The van der Waals surface area contributed by atoms with Gasteiger partial charge < -0.3 is 10.2 Å². The maximum absolute atomic E-state index is 13.9. The van der Waals surface area contributed by atoms with Crippen LogP contribution in [-0.4, -0.2) is 50.3 Å². The fourth-order valence-electron chi connectivity index (χ4n) is 4.11. The zero-order valence-corrected chi connectivity index (χ0v) is 23.3. The number of para-hydroxylation sites is 1. The molecule has 3 aromatic carbocycles. The Kier molecular flexibility index (Phi) is 10.1. The Hall–Kier alpha value is -3.65. The zero-order valence-electron chi connectivity index (χ0n) is 22.5. The Morgan fingerprint density at radius 3 is 2.05 bits per heavy atom. The number of anilines is 1. The minimum absolute atomic E-state index is 0.0436. The van der Waals surface area contributed by atoms with Crippen LogP contribution in [0, 0.1) is 6.92 Å². The van der Waals surface area contributed by atoms with Gasteiger partial charge in [-0.2, -0.15) is 0 Å². The van der Waals surface area contributed by atoms with Gasteiger partial charge in [0, 0.05) is 12.6 Å². The van der Waals surface area contributed by atoms with E-state index in [9.17, 15) is 18.0 Å². The van der Waals surface area contributed by atoms with Crippen LogP contribution in [0.3, 0.4) is 0 Å². The summed E-state index contributed by atoms with van der Waals surface area (Å²) in [5.41, 5.74) is 2.16. The summed E-state index contributed by atoms with van der Waals surface area (Å²) in [6.45, 7) is 7.21. The quantitative estimate of drug-likeness (QED) is 0.368. The van der Waals surface area contributed by atoms with E-state index in [-0.39, 0.29) is 23.4 Å². The number of carbonyl (C=O) groups is 2. The predicted molar refractivity (Wildman–Crippen MR) is 151 cm³/mol. The van der Waals surface area contributed by atoms with Crippen molar-refractivity contribution in [1.82, 2.24) is 10.2 Å². The topological polar surface area (TPSA) is 86.8 Å². The van der Waals surface area contributed by atoms with Crippen LogP contribution in [-0.2, 0) is 26.0 Å². The highest BCUT2D eigenvalue weighted by Gasteiger charge is 2.33. The van der Waals surface area contributed by atoms with Crippen LogP contribution in [0.4, 0.5) is 5.69 Å². The van der Waals surface area contributed by atoms with Gasteiger partial charge in [0.15, 0.2) is 0 Å². The first-order valence-electron chi connectivity index (χ1n) is 12.9. The lowest BCUT2D eigenvalue weighted by Gasteiger charge is -2.32. The van der Waals surface area contributed by atoms with Crippen molar-refractivity contribution in [3.63, 3.8) is 0 Å². The Morgan fingerprint density at radius 1 is 0.868 bits per heavy atom. The predicted octanol–water partition coefficient (Wildman–Crippen LogP) is 4.56. The highest BCUT2D eigenvalue weighted by molar-refractivity contribution is 7.92. The first-order chi connectivity index (χ1) is 18.1. The van der Waals surface area contributed by atoms with Crippen molar-refractivity contribution in [2.45, 2.75) is 57.5 Å². The monoisotopic (exact) mass is 535 g/mol. The fraction of sp³-hybridized carbons (Fsp3) is 0.333. The van der Waals surface area contributed by atoms with Gasteiger partial charge in [0.05, 0.1) is 10.6 Å². The molecule has 0 radical (unpaired) electrons. The molecule has 0 aliphatic carbocycles. The molecule has 3 aromatic rings. The van der Waals surface area contributed by atoms with Gasteiger partial charge >= 0.3 is 0 Å². The Morgan fingerprint density at radius 2 is 1.45 bits per heavy atom. The third-order valence-corrected chi connectivity index (χ3v) is 8.42. The summed E-state index contributed by atoms with van der Waals surface area (Å²) >= 11 is 0. The van der Waals surface area contributed by atoms with Gasteiger partial charge in [0.2, 0.25) is 11.8 Å². The number of rotatable bonds is 12. The number of carbonyl (C=O) groups excluding carboxylic acids is 2. The second kappa shape index (κ2) is 13.2. The van der Waals surface area contributed by atoms with Gasteiger partial charge in [0.1, 0.15) is 12.6 Å². The smallest absolute Gasteiger partial charge is 0.264 e. The molecule has 0 saturated carbocycles. The molecule has 7 nitrogen and oxygen atoms in total. The standard InChI is InChI=1S/C30H37N3O4S/c1-5-24(3)31-30(35)25(4)32(21-20-26-15-8-6-9-16-26)29(34)22-33(28-19-13-12-14-23(28)2)38(36,37)27-17-10-7-11-18-27/h6-19,24-25H,5,20-22H2,1-4H3,(H,31,35)/t24-,25-/m1/s1. The highest BCUT2D eigenvalue weighted by Crippen LogP contribution is 2.27. The van der Waals surface area contributed by atoms with Gasteiger partial charge in [-0.15, -0.1) is 0 Å². The summed E-state index contributed by atoms with van der Waals surface area (Å²) in [5, 5.41) is 2.95. The first kappa shape index (κ1) is 28.9. The number of aryl methyl sites for hydroxylation is 1. The van der Waals surface area contributed by atoms with Crippen LogP contribution in [0.5, 0.6) is 0 Å². The van der Waals surface area contributed by atoms with Crippen LogP contribution in [0.15, 0.2) is 89.8 Å². The lowest BCUT2D eigenvalue weighted by atomic mass is 10.1. The van der Waals surface area contributed by atoms with E-state index >= 15 is 0 Å². The van der Waals surface area contributed by atoms with Crippen molar-refractivity contribution in [1.29, 1.82) is 0 Å². The molecule has 0 unspecified atom stereocenters. The second-order valence-electron chi connectivity index (χ2n) is 9.43. The van der Waals surface area contributed by atoms with E-state index in [1.165, 1.54) is 17.0 Å². The molecular formula is C30H37N3O4S. The number of hydrogen-bond acceptors (Lipinski definition) is 4. The molecule has 0 heterocycles. The Balaban J connectivity index is 1.97. The summed E-state index contributed by atoms with van der Waals surface area (Å²) in [5.74, 6) is -0.718. The third kappa shape index (κ3) is 7.22. The van der Waals surface area contributed by atoms with Gasteiger partial charge in [0.25, 0.3) is 10.0 Å². The van der Waals surface area contributed by atoms with E-state index in [0.717, 1.165) is 21.9 Å². The summed E-state index contributed by atoms with van der Waals surface area (Å²) in [6, 6.07) is 24.0. The lowest BCUT2D eigenvalue weighted by molar-refractivity contribution is -0.139. The minimum Gasteiger partial charge on any atom is -0.352 e. The molecule has 0 bridgehead atoms. The van der Waals surface area contributed by atoms with Crippen molar-refractivity contribution in [2.75, 3.05) is 17.4 Å². The number of nitrogens with one attached hydrogen (secondary N) is 1. The first-order valence-corrected chi connectivity index (χ1v) is 14.4. The van der Waals surface area contributed by atoms with Gasteiger partial charge in [-0.3, -0.25) is 13.9 Å². The van der Waals surface area contributed by atoms with Crippen LogP contribution < -0.4 is 9.62 Å². The number of benzene rings is 3. The lowest BCUT2D eigenvalue weighted by Crippen LogP contribution is -2.53. The molecule has 8 heteroatoms. The number of hydrogen-bond donors (Lipinski definition) is 1. The van der Waals surface area contributed by atoms with Crippen LogP contribution in [0.25, 0.3) is 0 Å². The molecule has 0 spiro atoms. The fourth-order valence-corrected chi connectivity index (χ4v) is 5.61. The summed E-state index contributed by atoms with van der Waals surface area (Å²) < 4.78 is 28.7. The molecule has 1 N–H and O–H groups in total. The summed E-state index contributed by atoms with van der Waals surface area (Å²) in [6.07, 6.45) is 1.29. The maximum Gasteiger partial charge on any atom is 0.264 e. The van der Waals surface area contributed by atoms with E-state index in [0.29, 0.717) is 12.1 Å². The van der Waals surface area contributed by atoms with Crippen molar-refractivity contribution in [2.24, 2.45) is 0 Å². The van der Waals surface area contributed by atoms with Crippen molar-refractivity contribution in [3.05, 3.63) is 96.1 Å². The van der Waals surface area contributed by atoms with Crippen LogP contribution in [0.1, 0.15) is 38.3 Å². The summed E-state index contributed by atoms with van der Waals surface area (Å²) in [7, 11) is -4.06. The van der Waals surface area contributed by atoms with E-state index in [2.05, 4.69) is 5.32 Å². The number of sulfonamides is 1. The molecule has 3 rings (SSSR count). The molecule has 2 atom stereocenters. The SMILES string of the molecule is CC[C@@H](C)NC(=O)[C@@H](C)N(CCc1ccccc1)C(=O)CN(c1ccccc1C)S(=O)(=O)c1ccccc1. The molecule has 38 heavy (non-hydrogen) atoms. The molecular weight excluding hydrogens is 498 g/mol. The van der Waals surface area contributed by atoms with E-state index < -0.39 is 28.5 Å². The molecule has 0 aliphatic rings. The van der Waals surface area contributed by atoms with Crippen molar-refractivity contribution in [3.8, 4) is 0 Å². The van der Waals surface area contributed by atoms with Gasteiger partial charge in [-0.25, -0.2) is 8.42 Å². The molecule has 0 aromatic heterocycles. The van der Waals surface area contributed by atoms with Crippen LogP contribution >= 0.6 is 0 Å².